The van der Waals surface area contributed by atoms with Gasteiger partial charge in [-0.2, -0.15) is 0 Å². The van der Waals surface area contributed by atoms with Gasteiger partial charge >= 0.3 is 24.1 Å². The number of urea groups is 1. The second-order valence-corrected chi connectivity index (χ2v) is 15.8. The molecule has 0 fully saturated rings. The molecule has 276 valence electrons. The van der Waals surface area contributed by atoms with Crippen LogP contribution in [0, 0.1) is 17.8 Å². The predicted octanol–water partition coefficient (Wildman–Crippen LogP) is 4.21. The van der Waals surface area contributed by atoms with Crippen LogP contribution in [0.25, 0.3) is 0 Å². The highest BCUT2D eigenvalue weighted by molar-refractivity contribution is 6.67. The Labute approximate surface area is 298 Å². The number of ether oxygens (including phenoxy) is 2. The van der Waals surface area contributed by atoms with E-state index in [0.29, 0.717) is 12.8 Å². The summed E-state index contributed by atoms with van der Waals surface area (Å²) in [5.41, 5.74) is -0.705. The summed E-state index contributed by atoms with van der Waals surface area (Å²) in [7, 11) is 0. The normalized spacial score (nSPS) is 14.6. The lowest BCUT2D eigenvalue weighted by molar-refractivity contribution is -0.148. The SMILES string of the molecule is CC(C)[C@H](NC(=O)N[C@H](C(=O)N[C@@H](CCCCNC(=O)OCC(Cl)(Cl)Cl)C(=O)N[C@H](/C=C/C(=O)OC(C)(C)C)C(C)C)C(C)C)C(=O)O. The Morgan fingerprint density at radius 1 is 0.771 bits per heavy atom. The number of hydrogen-bond donors (Lipinski definition) is 6. The first-order chi connectivity index (χ1) is 21.9. The number of amides is 5. The van der Waals surface area contributed by atoms with Gasteiger partial charge in [-0.05, 0) is 57.8 Å². The van der Waals surface area contributed by atoms with Gasteiger partial charge in [0.1, 0.15) is 30.3 Å². The van der Waals surface area contributed by atoms with Crippen molar-refractivity contribution in [2.24, 2.45) is 17.8 Å². The summed E-state index contributed by atoms with van der Waals surface area (Å²) in [6.45, 7) is 15.2. The quantitative estimate of drug-likeness (QED) is 0.0515. The second kappa shape index (κ2) is 21.2. The van der Waals surface area contributed by atoms with E-state index in [1.165, 1.54) is 12.2 Å². The monoisotopic (exact) mass is 743 g/mol. The van der Waals surface area contributed by atoms with Crippen molar-refractivity contribution in [3.63, 3.8) is 0 Å². The molecule has 0 rings (SSSR count). The van der Waals surface area contributed by atoms with Gasteiger partial charge in [-0.25, -0.2) is 19.2 Å². The average Bonchev–Trinajstić information content (AvgIpc) is 2.92. The number of carbonyl (C=O) groups excluding carboxylic acids is 5. The summed E-state index contributed by atoms with van der Waals surface area (Å²) in [5.74, 6) is -4.04. The Bertz CT molecular complexity index is 1120. The standard InChI is InChI=1S/C31H52Cl3N5O9/c1-17(2)20(13-14-22(40)48-30(7,8)9)36-25(41)21(12-10-11-15-35-29(46)47-16-31(32,33)34)37-26(42)23(18(3)4)38-28(45)39-24(19(5)6)27(43)44/h13-14,17-21,23-24H,10-12,15-16H2,1-9H3,(H,35,46)(H,36,41)(H,37,42)(H,43,44)(H2,38,39,45)/b14-13+/t20-,21+,23+,24+/m1/s1. The smallest absolute Gasteiger partial charge is 0.407 e. The summed E-state index contributed by atoms with van der Waals surface area (Å²) in [6.07, 6.45) is 2.82. The van der Waals surface area contributed by atoms with Gasteiger partial charge in [0, 0.05) is 12.6 Å². The van der Waals surface area contributed by atoms with Gasteiger partial charge in [-0.1, -0.05) is 82.4 Å². The Kier molecular flexibility index (Phi) is 19.9. The number of alkyl halides is 3. The molecule has 0 spiro atoms. The summed E-state index contributed by atoms with van der Waals surface area (Å²) in [6, 6.07) is -4.85. The molecular formula is C31H52Cl3N5O9. The fourth-order valence-electron chi connectivity index (χ4n) is 3.99. The van der Waals surface area contributed by atoms with Gasteiger partial charge in [0.05, 0.1) is 6.04 Å². The van der Waals surface area contributed by atoms with E-state index < -0.39 is 87.9 Å². The number of carboxylic acid groups (broad SMARTS) is 1. The van der Waals surface area contributed by atoms with Gasteiger partial charge in [0.15, 0.2) is 0 Å². The van der Waals surface area contributed by atoms with Crippen LogP contribution in [0.3, 0.4) is 0 Å². The number of hydrogen-bond acceptors (Lipinski definition) is 8. The maximum Gasteiger partial charge on any atom is 0.407 e. The first-order valence-electron chi connectivity index (χ1n) is 15.7. The fourth-order valence-corrected chi connectivity index (χ4v) is 4.15. The number of carboxylic acids is 1. The highest BCUT2D eigenvalue weighted by Crippen LogP contribution is 2.25. The van der Waals surface area contributed by atoms with Crippen molar-refractivity contribution in [1.82, 2.24) is 26.6 Å². The van der Waals surface area contributed by atoms with Crippen molar-refractivity contribution in [2.75, 3.05) is 13.2 Å². The molecule has 0 aliphatic carbocycles. The number of nitrogens with one attached hydrogen (secondary N) is 5. The van der Waals surface area contributed by atoms with Gasteiger partial charge in [-0.15, -0.1) is 0 Å². The van der Waals surface area contributed by atoms with Crippen LogP contribution >= 0.6 is 34.8 Å². The topological polar surface area (TPSA) is 201 Å². The maximum atomic E-state index is 13.6. The molecule has 0 saturated heterocycles. The minimum atomic E-state index is -1.76. The molecule has 14 nitrogen and oxygen atoms in total. The first-order valence-corrected chi connectivity index (χ1v) is 16.9. The van der Waals surface area contributed by atoms with Crippen LogP contribution in [0.5, 0.6) is 0 Å². The number of esters is 1. The molecule has 0 heterocycles. The highest BCUT2D eigenvalue weighted by Gasteiger charge is 2.31. The van der Waals surface area contributed by atoms with Crippen LogP contribution < -0.4 is 26.6 Å². The molecule has 5 amide bonds. The zero-order valence-corrected chi connectivity index (χ0v) is 31.3. The minimum absolute atomic E-state index is 0.133. The van der Waals surface area contributed by atoms with Crippen molar-refractivity contribution in [1.29, 1.82) is 0 Å². The van der Waals surface area contributed by atoms with Crippen molar-refractivity contribution < 1.29 is 43.3 Å². The highest BCUT2D eigenvalue weighted by atomic mass is 35.6. The van der Waals surface area contributed by atoms with E-state index in [9.17, 15) is 33.9 Å². The van der Waals surface area contributed by atoms with Crippen LogP contribution in [0.2, 0.25) is 0 Å². The van der Waals surface area contributed by atoms with Crippen LogP contribution in [0.15, 0.2) is 12.2 Å². The molecule has 0 bridgehead atoms. The van der Waals surface area contributed by atoms with Crippen molar-refractivity contribution in [3.05, 3.63) is 12.2 Å². The summed E-state index contributed by atoms with van der Waals surface area (Å²) >= 11 is 16.7. The average molecular weight is 745 g/mol. The van der Waals surface area contributed by atoms with E-state index >= 15 is 0 Å². The molecule has 0 aromatic heterocycles. The number of rotatable bonds is 18. The van der Waals surface area contributed by atoms with E-state index in [1.54, 1.807) is 48.5 Å². The summed E-state index contributed by atoms with van der Waals surface area (Å²) in [5, 5.41) is 22.3. The lowest BCUT2D eigenvalue weighted by Crippen LogP contribution is -2.59. The second-order valence-electron chi connectivity index (χ2n) is 13.2. The Morgan fingerprint density at radius 3 is 1.81 bits per heavy atom. The number of halogens is 3. The van der Waals surface area contributed by atoms with E-state index in [-0.39, 0.29) is 18.9 Å². The van der Waals surface area contributed by atoms with Crippen molar-refractivity contribution in [2.45, 2.75) is 115 Å². The Morgan fingerprint density at radius 2 is 1.33 bits per heavy atom. The van der Waals surface area contributed by atoms with Crippen molar-refractivity contribution >= 4 is 70.7 Å². The molecule has 0 radical (unpaired) electrons. The van der Waals surface area contributed by atoms with E-state index in [2.05, 4.69) is 26.6 Å². The third-order valence-electron chi connectivity index (χ3n) is 6.52. The molecule has 0 aliphatic heterocycles. The zero-order chi connectivity index (χ0) is 37.4. The van der Waals surface area contributed by atoms with E-state index in [4.69, 9.17) is 44.3 Å². The largest absolute Gasteiger partial charge is 0.480 e. The van der Waals surface area contributed by atoms with Crippen LogP contribution in [0.4, 0.5) is 9.59 Å². The van der Waals surface area contributed by atoms with Gasteiger partial charge in [0.25, 0.3) is 0 Å². The fraction of sp³-hybridized carbons (Fsp3) is 0.742. The van der Waals surface area contributed by atoms with E-state index in [0.717, 1.165) is 0 Å². The van der Waals surface area contributed by atoms with Gasteiger partial charge < -0.3 is 41.2 Å². The summed E-state index contributed by atoms with van der Waals surface area (Å²) in [4.78, 5) is 75.3. The molecule has 0 aliphatic rings. The first kappa shape index (κ1) is 45.0. The van der Waals surface area contributed by atoms with Gasteiger partial charge in [0.2, 0.25) is 15.6 Å². The van der Waals surface area contributed by atoms with Crippen LogP contribution in [0.1, 0.15) is 81.6 Å². The molecule has 0 unspecified atom stereocenters. The Hall–Kier alpha value is -2.97. The molecule has 6 N–H and O–H groups in total. The van der Waals surface area contributed by atoms with Gasteiger partial charge in [-0.3, -0.25) is 9.59 Å². The lowest BCUT2D eigenvalue weighted by Gasteiger charge is -2.28. The third-order valence-corrected chi connectivity index (χ3v) is 6.84. The number of unbranched alkanes of at least 4 members (excludes halogenated alkanes) is 1. The number of carbonyl (C=O) groups is 6. The molecule has 17 heteroatoms. The molecule has 4 atom stereocenters. The van der Waals surface area contributed by atoms with Crippen molar-refractivity contribution in [3.8, 4) is 0 Å². The molecular weight excluding hydrogens is 693 g/mol. The maximum absolute atomic E-state index is 13.6. The van der Waals surface area contributed by atoms with Crippen LogP contribution in [-0.4, -0.2) is 87.7 Å². The Balaban J connectivity index is 5.82. The molecule has 0 saturated carbocycles. The van der Waals surface area contributed by atoms with E-state index in [1.807, 2.05) is 13.8 Å². The predicted molar refractivity (Wildman–Crippen MR) is 184 cm³/mol. The summed E-state index contributed by atoms with van der Waals surface area (Å²) < 4.78 is 8.35. The number of aliphatic carboxylic acids is 1. The minimum Gasteiger partial charge on any atom is -0.480 e. The lowest BCUT2D eigenvalue weighted by atomic mass is 10.0. The van der Waals surface area contributed by atoms with Crippen LogP contribution in [-0.2, 0) is 28.7 Å². The zero-order valence-electron chi connectivity index (χ0n) is 29.1. The molecule has 0 aromatic carbocycles. The third kappa shape index (κ3) is 20.4. The number of alkyl carbamates (subject to hydrolysis) is 1. The molecule has 48 heavy (non-hydrogen) atoms. The molecule has 0 aromatic rings.